The van der Waals surface area contributed by atoms with Gasteiger partial charge in [0.1, 0.15) is 0 Å². The number of nitrogens with zero attached hydrogens (tertiary/aromatic N) is 2. The third kappa shape index (κ3) is 2.78. The molecule has 6 bridgehead atoms. The Balaban J connectivity index is 1.01. The second kappa shape index (κ2) is 8.11. The van der Waals surface area contributed by atoms with E-state index in [2.05, 4.69) is 9.80 Å². The van der Waals surface area contributed by atoms with Crippen LogP contribution < -0.4 is 0 Å². The summed E-state index contributed by atoms with van der Waals surface area (Å²) < 4.78 is 31.9. The number of hydrogen-bond donors (Lipinski definition) is 0. The quantitative estimate of drug-likeness (QED) is 0.526. The molecule has 10 fully saturated rings. The van der Waals surface area contributed by atoms with Gasteiger partial charge in [-0.2, -0.15) is 0 Å². The fourth-order valence-electron chi connectivity index (χ4n) is 11.0. The maximum absolute atomic E-state index is 7.32. The third-order valence-corrected chi connectivity index (χ3v) is 11.7. The van der Waals surface area contributed by atoms with Crippen molar-refractivity contribution in [1.29, 1.82) is 0 Å². The monoisotopic (exact) mass is 474 g/mol. The van der Waals surface area contributed by atoms with Gasteiger partial charge in [-0.3, -0.25) is 9.80 Å². The summed E-state index contributed by atoms with van der Waals surface area (Å²) in [6.07, 6.45) is 3.75. The lowest BCUT2D eigenvalue weighted by Gasteiger charge is -2.48. The van der Waals surface area contributed by atoms with Gasteiger partial charge < -0.3 is 23.7 Å². The number of ether oxygens (including phenoxy) is 5. The molecule has 5 heterocycles. The maximum atomic E-state index is 7.32. The van der Waals surface area contributed by atoms with Crippen LogP contribution in [0.25, 0.3) is 0 Å². The van der Waals surface area contributed by atoms with Gasteiger partial charge in [0, 0.05) is 65.3 Å². The second-order valence-corrected chi connectivity index (χ2v) is 12.5. The van der Waals surface area contributed by atoms with E-state index in [0.717, 1.165) is 152 Å². The van der Waals surface area contributed by atoms with Crippen LogP contribution in [-0.4, -0.2) is 113 Å². The summed E-state index contributed by atoms with van der Waals surface area (Å²) in [6.45, 7) is 12.1. The van der Waals surface area contributed by atoms with Crippen LogP contribution in [0.4, 0.5) is 0 Å². The van der Waals surface area contributed by atoms with Gasteiger partial charge in [0.15, 0.2) is 0 Å². The highest BCUT2D eigenvalue weighted by molar-refractivity contribution is 5.43. The molecule has 0 radical (unpaired) electrons. The van der Waals surface area contributed by atoms with Crippen LogP contribution in [0.5, 0.6) is 0 Å². The first kappa shape index (κ1) is 21.8. The van der Waals surface area contributed by atoms with Gasteiger partial charge in [0.25, 0.3) is 0 Å². The highest BCUT2D eigenvalue weighted by Gasteiger charge is 2.96. The number of rotatable bonds is 0. The molecule has 0 amide bonds. The smallest absolute Gasteiger partial charge is 0.0781 e. The lowest BCUT2D eigenvalue weighted by Crippen LogP contribution is -2.52. The summed E-state index contributed by atoms with van der Waals surface area (Å²) >= 11 is 0. The Morgan fingerprint density at radius 3 is 1.26 bits per heavy atom. The van der Waals surface area contributed by atoms with Gasteiger partial charge in [-0.1, -0.05) is 0 Å². The fraction of sp³-hybridized carbons (Fsp3) is 1.00. The minimum Gasteiger partial charge on any atom is -0.380 e. The summed E-state index contributed by atoms with van der Waals surface area (Å²) in [6, 6.07) is 0. The molecule has 10 unspecified atom stereocenters. The van der Waals surface area contributed by atoms with Crippen LogP contribution in [-0.2, 0) is 23.7 Å². The third-order valence-electron chi connectivity index (χ3n) is 11.7. The zero-order valence-electron chi connectivity index (χ0n) is 20.6. The predicted molar refractivity (Wildman–Crippen MR) is 124 cm³/mol. The molecule has 34 heavy (non-hydrogen) atoms. The average Bonchev–Trinajstić information content (AvgIpc) is 3.48. The molecule has 10 rings (SSSR count). The van der Waals surface area contributed by atoms with Crippen molar-refractivity contribution in [2.75, 3.05) is 92.1 Å². The molecule has 5 aliphatic carbocycles. The number of fused-ring (bicyclic) bond motifs is 16. The van der Waals surface area contributed by atoms with Crippen molar-refractivity contribution in [3.8, 4) is 0 Å². The van der Waals surface area contributed by atoms with E-state index in [1.807, 2.05) is 0 Å². The van der Waals surface area contributed by atoms with E-state index < -0.39 is 0 Å². The Hall–Kier alpha value is -0.280. The van der Waals surface area contributed by atoms with E-state index in [9.17, 15) is 0 Å². The Kier molecular flexibility index (Phi) is 5.19. The molecule has 0 aromatic carbocycles. The van der Waals surface area contributed by atoms with E-state index in [0.29, 0.717) is 0 Å². The van der Waals surface area contributed by atoms with Gasteiger partial charge in [0.2, 0.25) is 0 Å². The van der Waals surface area contributed by atoms with Crippen molar-refractivity contribution >= 4 is 0 Å². The molecule has 0 aromatic rings. The van der Waals surface area contributed by atoms with E-state index in [-0.39, 0.29) is 11.2 Å². The molecule has 0 N–H and O–H groups in total. The molecule has 10 atom stereocenters. The Bertz CT molecular complexity index is 721. The van der Waals surface area contributed by atoms with Crippen LogP contribution in [0.2, 0.25) is 0 Å². The molecule has 2 spiro atoms. The molecule has 5 aliphatic heterocycles. The van der Waals surface area contributed by atoms with Crippen LogP contribution in [0.3, 0.4) is 0 Å². The highest BCUT2D eigenvalue weighted by atomic mass is 16.6. The van der Waals surface area contributed by atoms with Crippen molar-refractivity contribution in [2.45, 2.75) is 30.5 Å². The van der Waals surface area contributed by atoms with Crippen LogP contribution in [0.1, 0.15) is 19.3 Å². The highest BCUT2D eigenvalue weighted by Crippen LogP contribution is 2.93. The van der Waals surface area contributed by atoms with Crippen molar-refractivity contribution in [3.63, 3.8) is 0 Å². The van der Waals surface area contributed by atoms with Crippen molar-refractivity contribution in [3.05, 3.63) is 0 Å². The molecule has 10 aliphatic rings. The lowest BCUT2D eigenvalue weighted by molar-refractivity contribution is -0.0970. The maximum Gasteiger partial charge on any atom is 0.0781 e. The van der Waals surface area contributed by atoms with E-state index in [1.54, 1.807) is 0 Å². The molecular weight excluding hydrogens is 432 g/mol. The first-order chi connectivity index (χ1) is 16.8. The fourth-order valence-corrected chi connectivity index (χ4v) is 11.0. The Morgan fingerprint density at radius 1 is 0.471 bits per heavy atom. The van der Waals surface area contributed by atoms with Crippen molar-refractivity contribution in [2.24, 2.45) is 47.3 Å². The lowest BCUT2D eigenvalue weighted by atomic mass is 9.54. The molecular formula is C27H42N2O5. The molecule has 5 saturated heterocycles. The zero-order valence-corrected chi connectivity index (χ0v) is 20.6. The van der Waals surface area contributed by atoms with Gasteiger partial charge in [-0.05, 0) is 53.8 Å². The predicted octanol–water partition coefficient (Wildman–Crippen LogP) is 1.36. The summed E-state index contributed by atoms with van der Waals surface area (Å²) in [5.41, 5.74) is 0.290. The SMILES string of the molecule is C1CN2CCOCCN(CCO1)CCOCCC13OC4(CCOCC2)C2C5CC(C6C5C4C61)C23. The van der Waals surface area contributed by atoms with Gasteiger partial charge in [-0.15, -0.1) is 0 Å². The van der Waals surface area contributed by atoms with Gasteiger partial charge in [-0.25, -0.2) is 0 Å². The molecule has 190 valence electrons. The minimum atomic E-state index is 0.145. The molecule has 0 aromatic heterocycles. The standard InChI is InChI=1S/C27H42N2O5/c1-9-30-11-3-28-5-13-32-15-7-29(8-16-33-14-6-28)4-12-31-10-2-27-23-19-17-18-20-21(19)25(27)24(20)26(1,34-27)22(18)23/h18-25H,1-17H2. The first-order valence-corrected chi connectivity index (χ1v) is 14.3. The first-order valence-electron chi connectivity index (χ1n) is 14.3. The van der Waals surface area contributed by atoms with E-state index >= 15 is 0 Å². The topological polar surface area (TPSA) is 52.6 Å². The Labute approximate surface area is 203 Å². The normalized spacial score (nSPS) is 58.6. The minimum absolute atomic E-state index is 0.145. The molecule has 7 heteroatoms. The van der Waals surface area contributed by atoms with E-state index in [1.165, 1.54) is 6.42 Å². The molecule has 5 saturated carbocycles. The summed E-state index contributed by atoms with van der Waals surface area (Å²) in [5, 5.41) is 0. The second-order valence-electron chi connectivity index (χ2n) is 12.5. The van der Waals surface area contributed by atoms with Crippen LogP contribution in [0, 0.1) is 47.3 Å². The zero-order chi connectivity index (χ0) is 22.3. The van der Waals surface area contributed by atoms with Crippen LogP contribution >= 0.6 is 0 Å². The van der Waals surface area contributed by atoms with Crippen LogP contribution in [0.15, 0.2) is 0 Å². The van der Waals surface area contributed by atoms with Crippen molar-refractivity contribution < 1.29 is 23.7 Å². The van der Waals surface area contributed by atoms with Gasteiger partial charge in [0.05, 0.1) is 50.8 Å². The molecule has 7 nitrogen and oxygen atoms in total. The average molecular weight is 475 g/mol. The summed E-state index contributed by atoms with van der Waals surface area (Å²) in [7, 11) is 0. The van der Waals surface area contributed by atoms with E-state index in [4.69, 9.17) is 23.7 Å². The van der Waals surface area contributed by atoms with Gasteiger partial charge >= 0.3 is 0 Å². The van der Waals surface area contributed by atoms with Crippen molar-refractivity contribution in [1.82, 2.24) is 9.80 Å². The summed E-state index contributed by atoms with van der Waals surface area (Å²) in [4.78, 5) is 4.89. The number of hydrogen-bond acceptors (Lipinski definition) is 7. The largest absolute Gasteiger partial charge is 0.380 e. The Morgan fingerprint density at radius 2 is 0.853 bits per heavy atom. The summed E-state index contributed by atoms with van der Waals surface area (Å²) in [5.74, 6) is 7.26.